The molecule has 0 aliphatic carbocycles. The van der Waals surface area contributed by atoms with Crippen molar-refractivity contribution in [2.45, 2.75) is 13.1 Å². The highest BCUT2D eigenvalue weighted by atomic mass is 28.3. The van der Waals surface area contributed by atoms with E-state index in [1.165, 1.54) is 44.3 Å². The average molecular weight is 365 g/mol. The molecule has 0 radical (unpaired) electrons. The van der Waals surface area contributed by atoms with E-state index in [0.29, 0.717) is 0 Å². The van der Waals surface area contributed by atoms with E-state index in [2.05, 4.69) is 106 Å². The predicted molar refractivity (Wildman–Crippen MR) is 117 cm³/mol. The van der Waals surface area contributed by atoms with Crippen molar-refractivity contribution >= 4 is 30.2 Å². The van der Waals surface area contributed by atoms with Crippen LogP contribution in [0.1, 0.15) is 0 Å². The molecule has 2 nitrogen and oxygen atoms in total. The summed E-state index contributed by atoms with van der Waals surface area (Å²) in [7, 11) is -2.07. The number of hydrogen-bond acceptors (Lipinski definition) is 0. The van der Waals surface area contributed by atoms with E-state index < -0.39 is 8.40 Å². The van der Waals surface area contributed by atoms with Crippen LogP contribution in [-0.4, -0.2) is 16.9 Å². The van der Waals surface area contributed by atoms with Crippen LogP contribution in [0.5, 0.6) is 0 Å². The lowest BCUT2D eigenvalue weighted by Gasteiger charge is -2.30. The highest BCUT2D eigenvalue weighted by molar-refractivity contribution is 6.77. The van der Waals surface area contributed by atoms with Gasteiger partial charge >= 0.3 is 0 Å². The highest BCUT2D eigenvalue weighted by Gasteiger charge is 2.37. The van der Waals surface area contributed by atoms with Crippen molar-refractivity contribution in [1.82, 2.24) is 8.47 Å². The monoisotopic (exact) mass is 364 g/mol. The second-order valence-electron chi connectivity index (χ2n) is 7.89. The first-order chi connectivity index (χ1) is 13.2. The third kappa shape index (κ3) is 1.84. The lowest BCUT2D eigenvalue weighted by molar-refractivity contribution is 1.09. The third-order valence-corrected chi connectivity index (χ3v) is 9.15. The van der Waals surface area contributed by atoms with Gasteiger partial charge in [-0.2, -0.15) is 0 Å². The van der Waals surface area contributed by atoms with Crippen molar-refractivity contribution in [1.29, 1.82) is 0 Å². The maximum absolute atomic E-state index is 2.64. The first kappa shape index (κ1) is 15.1. The lowest BCUT2D eigenvalue weighted by Crippen LogP contribution is -2.44. The van der Waals surface area contributed by atoms with Crippen LogP contribution >= 0.6 is 0 Å². The van der Waals surface area contributed by atoms with Crippen LogP contribution in [0, 0.1) is 0 Å². The van der Waals surface area contributed by atoms with Crippen LogP contribution in [-0.2, 0) is 0 Å². The minimum Gasteiger partial charge on any atom is -0.349 e. The minimum absolute atomic E-state index is 1.32. The van der Waals surface area contributed by atoms with Gasteiger partial charge in [-0.3, -0.25) is 0 Å². The van der Waals surface area contributed by atoms with E-state index in [0.717, 1.165) is 0 Å². The summed E-state index contributed by atoms with van der Waals surface area (Å²) < 4.78 is 5.29. The molecule has 0 unspecified atom stereocenters. The van der Waals surface area contributed by atoms with Crippen LogP contribution in [0.3, 0.4) is 0 Å². The Balaban J connectivity index is 1.88. The Morgan fingerprint density at radius 2 is 0.963 bits per heavy atom. The van der Waals surface area contributed by atoms with Crippen LogP contribution in [0.4, 0.5) is 0 Å². The van der Waals surface area contributed by atoms with Crippen molar-refractivity contribution in [2.75, 3.05) is 0 Å². The number of rotatable bonds is 0. The van der Waals surface area contributed by atoms with Gasteiger partial charge in [-0.15, -0.1) is 0 Å². The lowest BCUT2D eigenvalue weighted by atomic mass is 10.0. The first-order valence-electron chi connectivity index (χ1n) is 9.48. The molecule has 1 aliphatic rings. The molecule has 0 N–H and O–H groups in total. The maximum Gasteiger partial charge on any atom is 0.267 e. The molecule has 0 saturated carbocycles. The van der Waals surface area contributed by atoms with Crippen LogP contribution in [0.15, 0.2) is 84.9 Å². The van der Waals surface area contributed by atoms with Crippen molar-refractivity contribution < 1.29 is 0 Å². The molecule has 130 valence electrons. The first-order valence-corrected chi connectivity index (χ1v) is 12.4. The van der Waals surface area contributed by atoms with E-state index in [9.17, 15) is 0 Å². The molecule has 3 aromatic carbocycles. The van der Waals surface area contributed by atoms with Crippen LogP contribution in [0.25, 0.3) is 44.3 Å². The van der Waals surface area contributed by atoms with E-state index in [1.54, 1.807) is 0 Å². The zero-order valence-corrected chi connectivity index (χ0v) is 16.5. The van der Waals surface area contributed by atoms with Gasteiger partial charge in [0.05, 0.1) is 0 Å². The SMILES string of the molecule is C[Si]1(C)n2c(cc3ccccc32)-c2ccccc2-c2cc3ccccc3n21. The summed E-state index contributed by atoms with van der Waals surface area (Å²) in [5.74, 6) is 0. The summed E-state index contributed by atoms with van der Waals surface area (Å²) in [5, 5.41) is 2.64. The number of hydrogen-bond donors (Lipinski definition) is 0. The molecule has 6 rings (SSSR count). The number of aromatic nitrogens is 2. The van der Waals surface area contributed by atoms with Crippen LogP contribution < -0.4 is 0 Å². The van der Waals surface area contributed by atoms with Gasteiger partial charge in [-0.25, -0.2) is 0 Å². The summed E-state index contributed by atoms with van der Waals surface area (Å²) in [6.45, 7) is 4.93. The van der Waals surface area contributed by atoms with Gasteiger partial charge < -0.3 is 8.47 Å². The van der Waals surface area contributed by atoms with Crippen LogP contribution in [0.2, 0.25) is 13.1 Å². The Morgan fingerprint density at radius 3 is 1.44 bits per heavy atom. The van der Waals surface area contributed by atoms with Crippen molar-refractivity contribution in [3.05, 3.63) is 84.9 Å². The summed E-state index contributed by atoms with van der Waals surface area (Å²) in [6, 6.07) is 31.2. The Kier molecular flexibility index (Phi) is 2.80. The van der Waals surface area contributed by atoms with Gasteiger partial charge in [0.2, 0.25) is 0 Å². The van der Waals surface area contributed by atoms with Gasteiger partial charge in [0.15, 0.2) is 0 Å². The van der Waals surface area contributed by atoms with Gasteiger partial charge in [0.25, 0.3) is 8.40 Å². The quantitative estimate of drug-likeness (QED) is 0.284. The van der Waals surface area contributed by atoms with Gasteiger partial charge in [0, 0.05) is 33.5 Å². The second-order valence-corrected chi connectivity index (χ2v) is 11.8. The molecule has 3 heterocycles. The molecule has 1 aliphatic heterocycles. The fourth-order valence-corrected chi connectivity index (χ4v) is 8.25. The summed E-state index contributed by atoms with van der Waals surface area (Å²) in [4.78, 5) is 0. The molecule has 0 spiro atoms. The van der Waals surface area contributed by atoms with Gasteiger partial charge in [-0.1, -0.05) is 60.7 Å². The van der Waals surface area contributed by atoms with Gasteiger partial charge in [0.1, 0.15) is 0 Å². The van der Waals surface area contributed by atoms with Crippen molar-refractivity contribution in [3.63, 3.8) is 0 Å². The molecule has 0 bridgehead atoms. The number of para-hydroxylation sites is 2. The fourth-order valence-electron chi connectivity index (χ4n) is 4.91. The summed E-state index contributed by atoms with van der Waals surface area (Å²) >= 11 is 0. The van der Waals surface area contributed by atoms with E-state index in [1.807, 2.05) is 0 Å². The molecule has 0 fully saturated rings. The molecule has 5 aromatic rings. The Labute approximate surface area is 159 Å². The smallest absolute Gasteiger partial charge is 0.267 e. The van der Waals surface area contributed by atoms with E-state index in [4.69, 9.17) is 0 Å². The largest absolute Gasteiger partial charge is 0.349 e. The second kappa shape index (κ2) is 5.02. The molecule has 2 aromatic heterocycles. The zero-order chi connectivity index (χ0) is 18.2. The van der Waals surface area contributed by atoms with Crippen molar-refractivity contribution in [3.8, 4) is 22.5 Å². The molecule has 0 amide bonds. The molecule has 0 saturated heterocycles. The average Bonchev–Trinajstić information content (AvgIpc) is 3.25. The Bertz CT molecular complexity index is 1250. The number of fused-ring (bicyclic) bond motifs is 9. The Hall–Kier alpha value is -3.04. The minimum atomic E-state index is -2.07. The predicted octanol–water partition coefficient (Wildman–Crippen LogP) is 6.34. The fraction of sp³-hybridized carbons (Fsp3) is 0.0833. The standard InChI is InChI=1S/C24H20N2Si/c1-27(2)25-21-13-7-3-9-17(21)15-23(25)19-11-5-6-12-20(19)24-16-18-10-4-8-14-22(18)26(24)27/h3-16H,1-2H3. The van der Waals surface area contributed by atoms with E-state index >= 15 is 0 Å². The maximum atomic E-state index is 2.64. The zero-order valence-electron chi connectivity index (χ0n) is 15.5. The summed E-state index contributed by atoms with van der Waals surface area (Å²) in [5.41, 5.74) is 8.02. The highest BCUT2D eigenvalue weighted by Crippen LogP contribution is 2.43. The normalized spacial score (nSPS) is 14.6. The molecule has 3 heteroatoms. The molecular formula is C24H20N2Si. The molecular weight excluding hydrogens is 344 g/mol. The topological polar surface area (TPSA) is 9.86 Å². The Morgan fingerprint density at radius 1 is 0.556 bits per heavy atom. The molecule has 0 atom stereocenters. The third-order valence-electron chi connectivity index (χ3n) is 5.99. The number of benzene rings is 3. The van der Waals surface area contributed by atoms with E-state index in [-0.39, 0.29) is 0 Å². The number of nitrogens with zero attached hydrogens (tertiary/aromatic N) is 2. The summed E-state index contributed by atoms with van der Waals surface area (Å²) in [6.07, 6.45) is 0. The van der Waals surface area contributed by atoms with Gasteiger partial charge in [-0.05, 0) is 48.1 Å². The van der Waals surface area contributed by atoms with Crippen molar-refractivity contribution in [2.24, 2.45) is 0 Å². The molecule has 27 heavy (non-hydrogen) atoms.